The molecule has 0 aliphatic rings. The first-order valence-corrected chi connectivity index (χ1v) is 12.5. The van der Waals surface area contributed by atoms with Gasteiger partial charge in [-0.05, 0) is 76.2 Å². The molecule has 4 rings (SSSR count). The zero-order valence-electron chi connectivity index (χ0n) is 22.3. The highest BCUT2D eigenvalue weighted by atomic mass is 16.5. The van der Waals surface area contributed by atoms with Crippen molar-refractivity contribution in [2.45, 2.75) is 27.7 Å². The number of aromatic hydroxyl groups is 2. The number of hydrogen-bond acceptors (Lipinski definition) is 6. The lowest BCUT2D eigenvalue weighted by Crippen LogP contribution is -1.93. The zero-order valence-corrected chi connectivity index (χ0v) is 22.3. The van der Waals surface area contributed by atoms with Crippen molar-refractivity contribution >= 4 is 23.8 Å². The van der Waals surface area contributed by atoms with Gasteiger partial charge in [-0.2, -0.15) is 0 Å². The van der Waals surface area contributed by atoms with Crippen LogP contribution in [0.25, 0.3) is 0 Å². The average Bonchev–Trinajstić information content (AvgIpc) is 2.92. The predicted octanol–water partition coefficient (Wildman–Crippen LogP) is 7.70. The van der Waals surface area contributed by atoms with E-state index in [4.69, 9.17) is 9.47 Å². The van der Waals surface area contributed by atoms with E-state index in [1.807, 2.05) is 88.4 Å². The fourth-order valence-electron chi connectivity index (χ4n) is 3.38. The highest BCUT2D eigenvalue weighted by Crippen LogP contribution is 2.30. The van der Waals surface area contributed by atoms with Crippen molar-refractivity contribution in [3.8, 4) is 23.0 Å². The van der Waals surface area contributed by atoms with Crippen LogP contribution in [0.3, 0.4) is 0 Å². The van der Waals surface area contributed by atoms with Gasteiger partial charge in [-0.1, -0.05) is 47.5 Å². The summed E-state index contributed by atoms with van der Waals surface area (Å²) in [5.41, 5.74) is 5.39. The van der Waals surface area contributed by atoms with Crippen LogP contribution < -0.4 is 9.47 Å². The topological polar surface area (TPSA) is 83.6 Å². The van der Waals surface area contributed by atoms with Gasteiger partial charge in [-0.25, -0.2) is 0 Å². The SMILES string of the molecule is CCOc1cccc(C=Nc2ccc(C)cc2)c1O.CCOc1cccc(C=Nc2ccc(C)cc2)c1O. The molecule has 0 aromatic heterocycles. The highest BCUT2D eigenvalue weighted by molar-refractivity contribution is 5.87. The first-order chi connectivity index (χ1) is 18.4. The third-order valence-electron chi connectivity index (χ3n) is 5.43. The average molecular weight is 511 g/mol. The molecule has 0 amide bonds. The van der Waals surface area contributed by atoms with E-state index in [0.29, 0.717) is 35.8 Å². The summed E-state index contributed by atoms with van der Waals surface area (Å²) in [5.74, 6) is 1.21. The molecule has 0 heterocycles. The summed E-state index contributed by atoms with van der Waals surface area (Å²) < 4.78 is 10.7. The molecule has 6 nitrogen and oxygen atoms in total. The van der Waals surface area contributed by atoms with Gasteiger partial charge in [0.15, 0.2) is 23.0 Å². The lowest BCUT2D eigenvalue weighted by molar-refractivity contribution is 0.318. The Kier molecular flexibility index (Phi) is 10.5. The predicted molar refractivity (Wildman–Crippen MR) is 155 cm³/mol. The van der Waals surface area contributed by atoms with Crippen LogP contribution >= 0.6 is 0 Å². The monoisotopic (exact) mass is 510 g/mol. The number of aryl methyl sites for hydroxylation is 2. The first-order valence-electron chi connectivity index (χ1n) is 12.5. The second-order valence-corrected chi connectivity index (χ2v) is 8.44. The largest absolute Gasteiger partial charge is 0.504 e. The van der Waals surface area contributed by atoms with Crippen molar-refractivity contribution in [3.63, 3.8) is 0 Å². The van der Waals surface area contributed by atoms with Gasteiger partial charge in [0.2, 0.25) is 0 Å². The lowest BCUT2D eigenvalue weighted by Gasteiger charge is -2.07. The Morgan fingerprint density at radius 2 is 0.947 bits per heavy atom. The van der Waals surface area contributed by atoms with Gasteiger partial charge < -0.3 is 19.7 Å². The molecule has 0 unspecified atom stereocenters. The fraction of sp³-hybridized carbons (Fsp3) is 0.188. The van der Waals surface area contributed by atoms with Crippen molar-refractivity contribution in [1.82, 2.24) is 0 Å². The third kappa shape index (κ3) is 8.23. The summed E-state index contributed by atoms with van der Waals surface area (Å²) in [4.78, 5) is 8.68. The summed E-state index contributed by atoms with van der Waals surface area (Å²) in [6.07, 6.45) is 3.28. The second kappa shape index (κ2) is 14.2. The van der Waals surface area contributed by atoms with E-state index >= 15 is 0 Å². The van der Waals surface area contributed by atoms with Gasteiger partial charge in [0, 0.05) is 23.6 Å². The van der Waals surface area contributed by atoms with Crippen LogP contribution in [-0.2, 0) is 0 Å². The molecule has 38 heavy (non-hydrogen) atoms. The van der Waals surface area contributed by atoms with Crippen LogP contribution in [0.4, 0.5) is 11.4 Å². The number of rotatable bonds is 8. The van der Waals surface area contributed by atoms with Crippen molar-refractivity contribution in [1.29, 1.82) is 0 Å². The van der Waals surface area contributed by atoms with Crippen molar-refractivity contribution in [3.05, 3.63) is 107 Å². The smallest absolute Gasteiger partial charge is 0.166 e. The summed E-state index contributed by atoms with van der Waals surface area (Å²) in [5, 5.41) is 20.1. The molecule has 2 N–H and O–H groups in total. The van der Waals surface area contributed by atoms with Gasteiger partial charge in [-0.3, -0.25) is 9.98 Å². The van der Waals surface area contributed by atoms with E-state index in [1.165, 1.54) is 11.1 Å². The Morgan fingerprint density at radius 1 is 0.579 bits per heavy atom. The minimum absolute atomic E-state index is 0.125. The molecule has 0 radical (unpaired) electrons. The molecule has 0 aliphatic carbocycles. The van der Waals surface area contributed by atoms with Crippen molar-refractivity contribution in [2.75, 3.05) is 13.2 Å². The van der Waals surface area contributed by atoms with Crippen LogP contribution in [0, 0.1) is 13.8 Å². The minimum atomic E-state index is 0.125. The minimum Gasteiger partial charge on any atom is -0.504 e. The van der Waals surface area contributed by atoms with E-state index < -0.39 is 0 Å². The summed E-state index contributed by atoms with van der Waals surface area (Å²) in [6.45, 7) is 8.87. The molecule has 0 saturated carbocycles. The molecule has 0 fully saturated rings. The highest BCUT2D eigenvalue weighted by Gasteiger charge is 2.06. The Balaban J connectivity index is 0.000000211. The van der Waals surface area contributed by atoms with Crippen LogP contribution in [-0.4, -0.2) is 35.9 Å². The van der Waals surface area contributed by atoms with Crippen molar-refractivity contribution in [2.24, 2.45) is 9.98 Å². The van der Waals surface area contributed by atoms with E-state index in [0.717, 1.165) is 11.4 Å². The molecule has 6 heteroatoms. The van der Waals surface area contributed by atoms with E-state index in [-0.39, 0.29) is 11.5 Å². The number of benzene rings is 4. The quantitative estimate of drug-likeness (QED) is 0.238. The summed E-state index contributed by atoms with van der Waals surface area (Å²) in [6, 6.07) is 26.5. The molecule has 0 bridgehead atoms. The Labute approximate surface area is 224 Å². The molecule has 196 valence electrons. The summed E-state index contributed by atoms with van der Waals surface area (Å²) in [7, 11) is 0. The maximum atomic E-state index is 10.0. The van der Waals surface area contributed by atoms with Crippen molar-refractivity contribution < 1.29 is 19.7 Å². The van der Waals surface area contributed by atoms with E-state index in [9.17, 15) is 10.2 Å². The second-order valence-electron chi connectivity index (χ2n) is 8.44. The molecule has 0 atom stereocenters. The van der Waals surface area contributed by atoms with Gasteiger partial charge in [0.25, 0.3) is 0 Å². The van der Waals surface area contributed by atoms with Crippen LogP contribution in [0.5, 0.6) is 23.0 Å². The molecule has 0 saturated heterocycles. The molecule has 0 aliphatic heterocycles. The number of hydrogen-bond donors (Lipinski definition) is 2. The number of phenolic OH excluding ortho intramolecular Hbond substituents is 2. The molecular weight excluding hydrogens is 476 g/mol. The number of ether oxygens (including phenoxy) is 2. The standard InChI is InChI=1S/2C16H17NO2/c2*1-3-19-15-6-4-5-13(16(15)18)11-17-14-9-7-12(2)8-10-14/h2*4-11,18H,3H2,1-2H3. The Hall–Kier alpha value is -4.58. The van der Waals surface area contributed by atoms with Crippen LogP contribution in [0.2, 0.25) is 0 Å². The maximum absolute atomic E-state index is 10.0. The summed E-state index contributed by atoms with van der Waals surface area (Å²) >= 11 is 0. The molecular formula is C32H34N2O4. The fourth-order valence-corrected chi connectivity index (χ4v) is 3.38. The van der Waals surface area contributed by atoms with Gasteiger partial charge in [0.1, 0.15) is 0 Å². The number of aliphatic imine (C=N–C) groups is 2. The van der Waals surface area contributed by atoms with Gasteiger partial charge >= 0.3 is 0 Å². The lowest BCUT2D eigenvalue weighted by atomic mass is 10.2. The van der Waals surface area contributed by atoms with Gasteiger partial charge in [0.05, 0.1) is 24.6 Å². The van der Waals surface area contributed by atoms with Gasteiger partial charge in [-0.15, -0.1) is 0 Å². The first kappa shape index (κ1) is 28.0. The van der Waals surface area contributed by atoms with Crippen LogP contribution in [0.1, 0.15) is 36.1 Å². The maximum Gasteiger partial charge on any atom is 0.166 e. The molecule has 0 spiro atoms. The number of para-hydroxylation sites is 2. The van der Waals surface area contributed by atoms with E-state index in [1.54, 1.807) is 36.7 Å². The Bertz CT molecular complexity index is 1250. The number of nitrogens with zero attached hydrogens (tertiary/aromatic N) is 2. The normalized spacial score (nSPS) is 10.8. The Morgan fingerprint density at radius 3 is 1.29 bits per heavy atom. The van der Waals surface area contributed by atoms with E-state index in [2.05, 4.69) is 9.98 Å². The number of phenols is 2. The zero-order chi connectivity index (χ0) is 27.3. The molecule has 4 aromatic carbocycles. The third-order valence-corrected chi connectivity index (χ3v) is 5.43. The molecule has 4 aromatic rings. The van der Waals surface area contributed by atoms with Crippen LogP contribution in [0.15, 0.2) is 94.9 Å².